The van der Waals surface area contributed by atoms with E-state index < -0.39 is 0 Å². The van der Waals surface area contributed by atoms with Crippen LogP contribution in [-0.2, 0) is 0 Å². The van der Waals surface area contributed by atoms with Crippen LogP contribution in [0.5, 0.6) is 11.5 Å². The summed E-state index contributed by atoms with van der Waals surface area (Å²) in [4.78, 5) is 28.7. The fourth-order valence-electron chi connectivity index (χ4n) is 3.13. The number of nitrogens with one attached hydrogen (secondary N) is 2. The Morgan fingerprint density at radius 1 is 1.04 bits per heavy atom. The number of rotatable bonds is 8. The van der Waals surface area contributed by atoms with Crippen LogP contribution in [0.1, 0.15) is 46.4 Å². The highest BCUT2D eigenvalue weighted by Gasteiger charge is 2.19. The molecule has 148 valence electrons. The summed E-state index contributed by atoms with van der Waals surface area (Å²) < 4.78 is 10.7. The number of hydrogen-bond acceptors (Lipinski definition) is 5. The third-order valence-electron chi connectivity index (χ3n) is 4.67. The molecule has 0 bridgehead atoms. The first-order chi connectivity index (χ1) is 13.7. The van der Waals surface area contributed by atoms with Gasteiger partial charge in [-0.05, 0) is 43.2 Å². The lowest BCUT2D eigenvalue weighted by atomic mass is 10.1. The number of benzene rings is 1. The van der Waals surface area contributed by atoms with Gasteiger partial charge in [0.15, 0.2) is 0 Å². The molecule has 0 radical (unpaired) electrons. The maximum absolute atomic E-state index is 12.3. The van der Waals surface area contributed by atoms with Gasteiger partial charge in [0.05, 0.1) is 24.8 Å². The van der Waals surface area contributed by atoms with Crippen molar-refractivity contribution in [3.8, 4) is 11.5 Å². The standard InChI is InChI=1S/C21H25N3O4/c1-27-18-6-8-19(9-7-18)28-11-10-23-20(25)15-12-16(14-22-13-15)21(26)24-17-4-2-3-5-17/h6-9,12-14,17H,2-5,10-11H2,1H3,(H,23,25)(H,24,26). The van der Waals surface area contributed by atoms with Crippen molar-refractivity contribution in [2.75, 3.05) is 20.3 Å². The van der Waals surface area contributed by atoms with Crippen molar-refractivity contribution in [3.63, 3.8) is 0 Å². The summed E-state index contributed by atoms with van der Waals surface area (Å²) in [6, 6.07) is 9.01. The van der Waals surface area contributed by atoms with Gasteiger partial charge in [0.1, 0.15) is 18.1 Å². The molecule has 0 spiro atoms. The average Bonchev–Trinajstić information content (AvgIpc) is 3.24. The van der Waals surface area contributed by atoms with Gasteiger partial charge in [-0.15, -0.1) is 0 Å². The molecule has 7 nitrogen and oxygen atoms in total. The van der Waals surface area contributed by atoms with E-state index in [1.165, 1.54) is 12.4 Å². The first-order valence-electron chi connectivity index (χ1n) is 9.46. The largest absolute Gasteiger partial charge is 0.497 e. The lowest BCUT2D eigenvalue weighted by molar-refractivity contribution is 0.0937. The van der Waals surface area contributed by atoms with E-state index in [1.807, 2.05) is 12.1 Å². The van der Waals surface area contributed by atoms with E-state index in [1.54, 1.807) is 25.3 Å². The van der Waals surface area contributed by atoms with Crippen LogP contribution in [0.15, 0.2) is 42.7 Å². The molecule has 28 heavy (non-hydrogen) atoms. The van der Waals surface area contributed by atoms with Gasteiger partial charge in [-0.25, -0.2) is 0 Å². The normalized spacial score (nSPS) is 13.8. The Labute approximate surface area is 164 Å². The average molecular weight is 383 g/mol. The molecule has 0 saturated heterocycles. The van der Waals surface area contributed by atoms with Gasteiger partial charge in [0.25, 0.3) is 11.8 Å². The first kappa shape index (κ1) is 19.7. The number of methoxy groups -OCH3 is 1. The van der Waals surface area contributed by atoms with E-state index in [0.29, 0.717) is 30.0 Å². The van der Waals surface area contributed by atoms with Crippen molar-refractivity contribution in [3.05, 3.63) is 53.9 Å². The number of ether oxygens (including phenoxy) is 2. The SMILES string of the molecule is COc1ccc(OCCNC(=O)c2cncc(C(=O)NC3CCCC3)c2)cc1. The number of pyridine rings is 1. The van der Waals surface area contributed by atoms with Crippen molar-refractivity contribution < 1.29 is 19.1 Å². The Balaban J connectivity index is 1.46. The second-order valence-corrected chi connectivity index (χ2v) is 6.70. The fraction of sp³-hybridized carbons (Fsp3) is 0.381. The minimum Gasteiger partial charge on any atom is -0.497 e. The highest BCUT2D eigenvalue weighted by Crippen LogP contribution is 2.18. The Morgan fingerprint density at radius 2 is 1.68 bits per heavy atom. The minimum absolute atomic E-state index is 0.183. The van der Waals surface area contributed by atoms with E-state index >= 15 is 0 Å². The molecule has 1 aliphatic rings. The van der Waals surface area contributed by atoms with Crippen molar-refractivity contribution >= 4 is 11.8 Å². The van der Waals surface area contributed by atoms with E-state index in [9.17, 15) is 9.59 Å². The van der Waals surface area contributed by atoms with Gasteiger partial charge in [0.2, 0.25) is 0 Å². The lowest BCUT2D eigenvalue weighted by Gasteiger charge is -2.12. The number of carbonyl (C=O) groups excluding carboxylic acids is 2. The molecule has 0 unspecified atom stereocenters. The van der Waals surface area contributed by atoms with Gasteiger partial charge >= 0.3 is 0 Å². The molecule has 0 aliphatic heterocycles. The molecule has 1 saturated carbocycles. The number of hydrogen-bond donors (Lipinski definition) is 2. The van der Waals surface area contributed by atoms with Gasteiger partial charge in [-0.3, -0.25) is 14.6 Å². The summed E-state index contributed by atoms with van der Waals surface area (Å²) in [5.41, 5.74) is 0.748. The van der Waals surface area contributed by atoms with Gasteiger partial charge < -0.3 is 20.1 Å². The van der Waals surface area contributed by atoms with Crippen LogP contribution in [0.3, 0.4) is 0 Å². The molecule has 1 fully saturated rings. The zero-order valence-corrected chi connectivity index (χ0v) is 15.9. The van der Waals surface area contributed by atoms with Crippen LogP contribution < -0.4 is 20.1 Å². The van der Waals surface area contributed by atoms with E-state index in [2.05, 4.69) is 15.6 Å². The maximum Gasteiger partial charge on any atom is 0.253 e. The number of aromatic nitrogens is 1. The van der Waals surface area contributed by atoms with Crippen molar-refractivity contribution in [2.24, 2.45) is 0 Å². The summed E-state index contributed by atoms with van der Waals surface area (Å²) >= 11 is 0. The summed E-state index contributed by atoms with van der Waals surface area (Å²) in [7, 11) is 1.60. The third-order valence-corrected chi connectivity index (χ3v) is 4.67. The molecule has 1 aliphatic carbocycles. The first-order valence-corrected chi connectivity index (χ1v) is 9.46. The molecule has 1 heterocycles. The summed E-state index contributed by atoms with van der Waals surface area (Å²) in [5, 5.41) is 5.77. The number of carbonyl (C=O) groups is 2. The van der Waals surface area contributed by atoms with Crippen LogP contribution in [0, 0.1) is 0 Å². The minimum atomic E-state index is -0.290. The monoisotopic (exact) mass is 383 g/mol. The summed E-state index contributed by atoms with van der Waals surface area (Å²) in [6.07, 6.45) is 7.23. The second kappa shape index (κ2) is 9.73. The van der Waals surface area contributed by atoms with Gasteiger partial charge in [-0.2, -0.15) is 0 Å². The van der Waals surface area contributed by atoms with Crippen LogP contribution in [0.25, 0.3) is 0 Å². The smallest absolute Gasteiger partial charge is 0.253 e. The predicted octanol–water partition coefficient (Wildman–Crippen LogP) is 2.57. The molecule has 2 N–H and O–H groups in total. The van der Waals surface area contributed by atoms with Crippen molar-refractivity contribution in [1.29, 1.82) is 0 Å². The fourth-order valence-corrected chi connectivity index (χ4v) is 3.13. The van der Waals surface area contributed by atoms with Gasteiger partial charge in [0, 0.05) is 18.4 Å². The molecule has 0 atom stereocenters. The number of nitrogens with zero attached hydrogens (tertiary/aromatic N) is 1. The Kier molecular flexibility index (Phi) is 6.84. The molecule has 2 aromatic rings. The number of amides is 2. The van der Waals surface area contributed by atoms with E-state index in [0.717, 1.165) is 31.4 Å². The van der Waals surface area contributed by atoms with Crippen molar-refractivity contribution in [1.82, 2.24) is 15.6 Å². The topological polar surface area (TPSA) is 89.6 Å². The molecule has 3 rings (SSSR count). The lowest BCUT2D eigenvalue weighted by Crippen LogP contribution is -2.33. The summed E-state index contributed by atoms with van der Waals surface area (Å²) in [6.45, 7) is 0.663. The van der Waals surface area contributed by atoms with Crippen LogP contribution in [0.4, 0.5) is 0 Å². The Bertz CT molecular complexity index is 802. The van der Waals surface area contributed by atoms with Crippen LogP contribution in [0.2, 0.25) is 0 Å². The molecule has 7 heteroatoms. The highest BCUT2D eigenvalue weighted by atomic mass is 16.5. The molecule has 1 aromatic carbocycles. The quantitative estimate of drug-likeness (QED) is 0.684. The molecular formula is C21H25N3O4. The van der Waals surface area contributed by atoms with Crippen LogP contribution in [-0.4, -0.2) is 43.1 Å². The van der Waals surface area contributed by atoms with Crippen molar-refractivity contribution in [2.45, 2.75) is 31.7 Å². The summed E-state index contributed by atoms with van der Waals surface area (Å²) in [5.74, 6) is 0.977. The zero-order valence-electron chi connectivity index (χ0n) is 15.9. The predicted molar refractivity (Wildman–Crippen MR) is 105 cm³/mol. The Morgan fingerprint density at radius 3 is 2.36 bits per heavy atom. The molecular weight excluding hydrogens is 358 g/mol. The van der Waals surface area contributed by atoms with Crippen LogP contribution >= 0.6 is 0 Å². The zero-order chi connectivity index (χ0) is 19.8. The third kappa shape index (κ3) is 5.45. The van der Waals surface area contributed by atoms with Gasteiger partial charge in [-0.1, -0.05) is 12.8 Å². The maximum atomic E-state index is 12.3. The Hall–Kier alpha value is -3.09. The second-order valence-electron chi connectivity index (χ2n) is 6.70. The molecule has 2 amide bonds. The highest BCUT2D eigenvalue weighted by molar-refractivity contribution is 5.99. The van der Waals surface area contributed by atoms with E-state index in [-0.39, 0.29) is 17.9 Å². The molecule has 1 aromatic heterocycles. The van der Waals surface area contributed by atoms with E-state index in [4.69, 9.17) is 9.47 Å².